The molecule has 2 aromatic rings. The number of halogens is 1. The molecule has 0 aliphatic carbocycles. The first kappa shape index (κ1) is 16.0. The third-order valence-corrected chi connectivity index (χ3v) is 4.84. The minimum absolute atomic E-state index is 0.00564. The fourth-order valence-electron chi connectivity index (χ4n) is 2.32. The van der Waals surface area contributed by atoms with Crippen LogP contribution in [0.5, 0.6) is 0 Å². The Labute approximate surface area is 129 Å². The van der Waals surface area contributed by atoms with Crippen LogP contribution in [0.15, 0.2) is 41.3 Å². The van der Waals surface area contributed by atoms with Crippen molar-refractivity contribution >= 4 is 11.8 Å². The molecule has 0 heterocycles. The van der Waals surface area contributed by atoms with Crippen LogP contribution in [-0.2, 0) is 0 Å². The lowest BCUT2D eigenvalue weighted by molar-refractivity contribution is 0.595. The Bertz CT molecular complexity index is 628. The first-order valence-electron chi connectivity index (χ1n) is 6.94. The Hall–Kier alpha value is -1.36. The molecule has 3 N–H and O–H groups in total. The highest BCUT2D eigenvalue weighted by Gasteiger charge is 2.15. The van der Waals surface area contributed by atoms with E-state index in [1.807, 2.05) is 6.07 Å². The molecule has 112 valence electrons. The van der Waals surface area contributed by atoms with Crippen LogP contribution in [0.1, 0.15) is 28.3 Å². The van der Waals surface area contributed by atoms with Gasteiger partial charge in [0.1, 0.15) is 5.82 Å². The van der Waals surface area contributed by atoms with Crippen LogP contribution in [0.2, 0.25) is 0 Å². The summed E-state index contributed by atoms with van der Waals surface area (Å²) in [6, 6.07) is 11.1. The summed E-state index contributed by atoms with van der Waals surface area (Å²) in [7, 11) is 0. The number of hydrogen-bond donors (Lipinski definition) is 2. The topological polar surface area (TPSA) is 38.0 Å². The number of hydrogen-bond acceptors (Lipinski definition) is 3. The molecule has 2 aromatic carbocycles. The summed E-state index contributed by atoms with van der Waals surface area (Å²) in [4.78, 5) is 0.652. The van der Waals surface area contributed by atoms with Crippen molar-refractivity contribution in [2.75, 3.05) is 5.75 Å². The largest absolute Gasteiger partial charge is 0.271 e. The molecule has 0 aliphatic heterocycles. The predicted octanol–water partition coefficient (Wildman–Crippen LogP) is 4.05. The molecule has 0 aliphatic rings. The van der Waals surface area contributed by atoms with Crippen molar-refractivity contribution in [3.63, 3.8) is 0 Å². The van der Waals surface area contributed by atoms with Crippen LogP contribution in [-0.4, -0.2) is 5.75 Å². The fraction of sp³-hybridized carbons (Fsp3) is 0.294. The molecule has 4 heteroatoms. The molecular weight excluding hydrogens is 283 g/mol. The van der Waals surface area contributed by atoms with Gasteiger partial charge in [0.05, 0.1) is 6.04 Å². The maximum absolute atomic E-state index is 13.7. The molecule has 1 unspecified atom stereocenters. The normalized spacial score (nSPS) is 12.4. The van der Waals surface area contributed by atoms with E-state index in [1.165, 1.54) is 40.1 Å². The van der Waals surface area contributed by atoms with E-state index in [4.69, 9.17) is 5.84 Å². The molecule has 21 heavy (non-hydrogen) atoms. The van der Waals surface area contributed by atoms with Gasteiger partial charge in [-0.25, -0.2) is 4.39 Å². The Morgan fingerprint density at radius 2 is 1.76 bits per heavy atom. The number of thioether (sulfide) groups is 1. The standard InChI is InChI=1S/C17H21FN2S/c1-11-8-13(3)14(9-12(11)2)16(20-19)10-21-17-7-5-4-6-15(17)18/h4-9,16,20H,10,19H2,1-3H3. The minimum Gasteiger partial charge on any atom is -0.271 e. The maximum atomic E-state index is 13.7. The molecule has 0 fully saturated rings. The molecule has 2 rings (SSSR count). The average molecular weight is 304 g/mol. The zero-order valence-corrected chi connectivity index (χ0v) is 13.4. The summed E-state index contributed by atoms with van der Waals surface area (Å²) in [6.45, 7) is 6.28. The van der Waals surface area contributed by atoms with Crippen molar-refractivity contribution in [1.82, 2.24) is 5.43 Å². The van der Waals surface area contributed by atoms with E-state index in [0.29, 0.717) is 10.6 Å². The van der Waals surface area contributed by atoms with Crippen molar-refractivity contribution in [2.45, 2.75) is 31.7 Å². The van der Waals surface area contributed by atoms with Crippen molar-refractivity contribution < 1.29 is 4.39 Å². The number of rotatable bonds is 5. The number of benzene rings is 2. The van der Waals surface area contributed by atoms with Crippen LogP contribution >= 0.6 is 11.8 Å². The average Bonchev–Trinajstić information content (AvgIpc) is 2.46. The quantitative estimate of drug-likeness (QED) is 0.497. The van der Waals surface area contributed by atoms with Gasteiger partial charge in [-0.1, -0.05) is 24.3 Å². The maximum Gasteiger partial charge on any atom is 0.136 e. The van der Waals surface area contributed by atoms with E-state index in [0.717, 1.165) is 0 Å². The molecule has 0 radical (unpaired) electrons. The highest BCUT2D eigenvalue weighted by Crippen LogP contribution is 2.29. The number of aryl methyl sites for hydroxylation is 3. The van der Waals surface area contributed by atoms with Crippen molar-refractivity contribution in [3.05, 3.63) is 64.5 Å². The summed E-state index contributed by atoms with van der Waals surface area (Å²) in [6.07, 6.45) is 0. The van der Waals surface area contributed by atoms with Gasteiger partial charge in [-0.15, -0.1) is 11.8 Å². The Morgan fingerprint density at radius 3 is 2.43 bits per heavy atom. The highest BCUT2D eigenvalue weighted by molar-refractivity contribution is 7.99. The van der Waals surface area contributed by atoms with Crippen LogP contribution in [0.4, 0.5) is 4.39 Å². The zero-order chi connectivity index (χ0) is 15.4. The van der Waals surface area contributed by atoms with E-state index in [2.05, 4.69) is 38.3 Å². The van der Waals surface area contributed by atoms with E-state index in [9.17, 15) is 4.39 Å². The van der Waals surface area contributed by atoms with Gasteiger partial charge >= 0.3 is 0 Å². The number of hydrazine groups is 1. The molecule has 0 aromatic heterocycles. The molecular formula is C17H21FN2S. The first-order valence-corrected chi connectivity index (χ1v) is 7.92. The second-order valence-corrected chi connectivity index (χ2v) is 6.32. The van der Waals surface area contributed by atoms with Crippen LogP contribution in [0.25, 0.3) is 0 Å². The lowest BCUT2D eigenvalue weighted by Gasteiger charge is -2.20. The van der Waals surface area contributed by atoms with Gasteiger partial charge in [0.25, 0.3) is 0 Å². The van der Waals surface area contributed by atoms with Gasteiger partial charge in [-0.3, -0.25) is 11.3 Å². The second kappa shape index (κ2) is 7.07. The Kier molecular flexibility index (Phi) is 5.39. The summed E-state index contributed by atoms with van der Waals surface area (Å²) in [5, 5.41) is 0. The Balaban J connectivity index is 2.17. The van der Waals surface area contributed by atoms with Crippen molar-refractivity contribution in [3.8, 4) is 0 Å². The second-order valence-electron chi connectivity index (χ2n) is 5.25. The van der Waals surface area contributed by atoms with E-state index < -0.39 is 0 Å². The molecule has 0 amide bonds. The van der Waals surface area contributed by atoms with Gasteiger partial charge in [0.15, 0.2) is 0 Å². The van der Waals surface area contributed by atoms with Gasteiger partial charge in [-0.05, 0) is 55.2 Å². The van der Waals surface area contributed by atoms with E-state index >= 15 is 0 Å². The summed E-state index contributed by atoms with van der Waals surface area (Å²) < 4.78 is 13.7. The van der Waals surface area contributed by atoms with E-state index in [-0.39, 0.29) is 11.9 Å². The predicted molar refractivity (Wildman–Crippen MR) is 87.8 cm³/mol. The first-order chi connectivity index (χ1) is 10.0. The summed E-state index contributed by atoms with van der Waals surface area (Å²) >= 11 is 1.48. The third-order valence-electron chi connectivity index (χ3n) is 3.70. The lowest BCUT2D eigenvalue weighted by atomic mass is 9.97. The number of nitrogens with one attached hydrogen (secondary N) is 1. The highest BCUT2D eigenvalue weighted by atomic mass is 32.2. The molecule has 0 saturated carbocycles. The Morgan fingerprint density at radius 1 is 1.10 bits per heavy atom. The lowest BCUT2D eigenvalue weighted by Crippen LogP contribution is -2.30. The van der Waals surface area contributed by atoms with Crippen molar-refractivity contribution in [2.24, 2.45) is 5.84 Å². The summed E-state index contributed by atoms with van der Waals surface area (Å²) in [5.74, 6) is 6.20. The fourth-order valence-corrected chi connectivity index (χ4v) is 3.32. The smallest absolute Gasteiger partial charge is 0.136 e. The number of nitrogens with two attached hydrogens (primary N) is 1. The third kappa shape index (κ3) is 3.84. The molecule has 2 nitrogen and oxygen atoms in total. The zero-order valence-electron chi connectivity index (χ0n) is 12.6. The molecule has 1 atom stereocenters. The minimum atomic E-state index is -0.185. The molecule has 0 saturated heterocycles. The monoisotopic (exact) mass is 304 g/mol. The summed E-state index contributed by atoms with van der Waals surface area (Å²) in [5.41, 5.74) is 7.74. The SMILES string of the molecule is Cc1cc(C)c(C(CSc2ccccc2F)NN)cc1C. The van der Waals surface area contributed by atoms with E-state index in [1.54, 1.807) is 12.1 Å². The van der Waals surface area contributed by atoms with Gasteiger partial charge in [-0.2, -0.15) is 0 Å². The molecule has 0 spiro atoms. The van der Waals surface area contributed by atoms with Gasteiger partial charge < -0.3 is 0 Å². The van der Waals surface area contributed by atoms with Crippen LogP contribution in [0.3, 0.4) is 0 Å². The van der Waals surface area contributed by atoms with Crippen LogP contribution < -0.4 is 11.3 Å². The molecule has 0 bridgehead atoms. The van der Waals surface area contributed by atoms with Crippen molar-refractivity contribution in [1.29, 1.82) is 0 Å². The van der Waals surface area contributed by atoms with Gasteiger partial charge in [0.2, 0.25) is 0 Å². The van der Waals surface area contributed by atoms with Crippen LogP contribution in [0, 0.1) is 26.6 Å². The van der Waals surface area contributed by atoms with Gasteiger partial charge in [0, 0.05) is 10.6 Å².